The van der Waals surface area contributed by atoms with Crippen LogP contribution in [0.4, 0.5) is 0 Å². The molecule has 0 amide bonds. The highest BCUT2D eigenvalue weighted by Gasteiger charge is 2.52. The number of hydrogen-bond donors (Lipinski definition) is 0. The number of rotatable bonds is 4. The van der Waals surface area contributed by atoms with Crippen LogP contribution in [0.2, 0.25) is 0 Å². The highest BCUT2D eigenvalue weighted by atomic mass is 32.2. The fraction of sp³-hybridized carbons (Fsp3) is 1.00. The smallest absolute Gasteiger partial charge is 0.264 e. The van der Waals surface area contributed by atoms with Crippen molar-refractivity contribution in [3.8, 4) is 0 Å². The molecule has 1 fully saturated rings. The van der Waals surface area contributed by atoms with Gasteiger partial charge in [0, 0.05) is 4.92 Å². The molecule has 0 aromatic rings. The number of nitro groups is 1. The first kappa shape index (κ1) is 9.40. The molecule has 0 saturated heterocycles. The SMILES string of the molecule is CCS(=O)(=O)O[C@@H]1C[C@H]1[N+](=O)[O-]. The summed E-state index contributed by atoms with van der Waals surface area (Å²) >= 11 is 0. The quantitative estimate of drug-likeness (QED) is 0.351. The number of nitrogens with zero attached hydrogens (tertiary/aromatic N) is 1. The second kappa shape index (κ2) is 2.98. The third kappa shape index (κ3) is 2.15. The van der Waals surface area contributed by atoms with Gasteiger partial charge in [-0.25, -0.2) is 0 Å². The minimum Gasteiger partial charge on any atom is -0.264 e. The molecular weight excluding hydrogens is 186 g/mol. The van der Waals surface area contributed by atoms with Crippen LogP contribution in [-0.4, -0.2) is 31.2 Å². The summed E-state index contributed by atoms with van der Waals surface area (Å²) in [7, 11) is -3.53. The maximum atomic E-state index is 10.8. The van der Waals surface area contributed by atoms with E-state index in [0.29, 0.717) is 0 Å². The van der Waals surface area contributed by atoms with E-state index in [1.54, 1.807) is 0 Å². The number of hydrogen-bond acceptors (Lipinski definition) is 5. The van der Waals surface area contributed by atoms with Crippen molar-refractivity contribution >= 4 is 10.1 Å². The molecule has 1 aliphatic carbocycles. The van der Waals surface area contributed by atoms with Crippen molar-refractivity contribution in [3.63, 3.8) is 0 Å². The normalized spacial score (nSPS) is 28.4. The summed E-state index contributed by atoms with van der Waals surface area (Å²) in [6.07, 6.45) is -0.531. The molecule has 1 saturated carbocycles. The van der Waals surface area contributed by atoms with Crippen LogP contribution in [0.15, 0.2) is 0 Å². The average molecular weight is 195 g/mol. The van der Waals surface area contributed by atoms with Crippen LogP contribution in [0.3, 0.4) is 0 Å². The average Bonchev–Trinajstić information content (AvgIpc) is 2.67. The molecule has 2 atom stereocenters. The van der Waals surface area contributed by atoms with Gasteiger partial charge in [0.2, 0.25) is 6.04 Å². The van der Waals surface area contributed by atoms with Crippen LogP contribution in [0.1, 0.15) is 13.3 Å². The standard InChI is InChI=1S/C5H9NO5S/c1-2-12(9,10)11-5-3-4(5)6(7)8/h4-5H,2-3H2,1H3/t4-,5-/m1/s1. The molecule has 0 heterocycles. The molecule has 1 rings (SSSR count). The summed E-state index contributed by atoms with van der Waals surface area (Å²) in [5.41, 5.74) is 0. The van der Waals surface area contributed by atoms with Gasteiger partial charge in [0.1, 0.15) is 0 Å². The lowest BCUT2D eigenvalue weighted by Crippen LogP contribution is -2.15. The summed E-state index contributed by atoms with van der Waals surface area (Å²) in [6.45, 7) is 1.43. The van der Waals surface area contributed by atoms with Gasteiger partial charge in [0.25, 0.3) is 10.1 Å². The van der Waals surface area contributed by atoms with E-state index >= 15 is 0 Å². The second-order valence-corrected chi connectivity index (χ2v) is 4.45. The van der Waals surface area contributed by atoms with Gasteiger partial charge in [-0.1, -0.05) is 0 Å². The first-order valence-electron chi connectivity index (χ1n) is 3.50. The molecule has 12 heavy (non-hydrogen) atoms. The van der Waals surface area contributed by atoms with Crippen LogP contribution >= 0.6 is 0 Å². The molecular formula is C5H9NO5S. The van der Waals surface area contributed by atoms with Gasteiger partial charge in [-0.3, -0.25) is 14.3 Å². The Labute approximate surface area is 69.8 Å². The molecule has 0 aliphatic heterocycles. The molecule has 0 radical (unpaired) electrons. The largest absolute Gasteiger partial charge is 0.267 e. The first-order valence-corrected chi connectivity index (χ1v) is 5.08. The van der Waals surface area contributed by atoms with E-state index in [0.717, 1.165) is 0 Å². The van der Waals surface area contributed by atoms with Gasteiger partial charge in [0.05, 0.1) is 12.2 Å². The van der Waals surface area contributed by atoms with E-state index in [-0.39, 0.29) is 12.2 Å². The molecule has 7 heteroatoms. The van der Waals surface area contributed by atoms with Gasteiger partial charge >= 0.3 is 0 Å². The fourth-order valence-corrected chi connectivity index (χ4v) is 1.46. The zero-order valence-corrected chi connectivity index (χ0v) is 7.28. The van der Waals surface area contributed by atoms with Crippen LogP contribution < -0.4 is 0 Å². The predicted molar refractivity (Wildman–Crippen MR) is 39.7 cm³/mol. The molecule has 0 bridgehead atoms. The van der Waals surface area contributed by atoms with Crippen molar-refractivity contribution in [2.24, 2.45) is 0 Å². The van der Waals surface area contributed by atoms with Crippen molar-refractivity contribution in [3.05, 3.63) is 10.1 Å². The van der Waals surface area contributed by atoms with E-state index in [1.165, 1.54) is 6.92 Å². The molecule has 0 N–H and O–H groups in total. The van der Waals surface area contributed by atoms with Gasteiger partial charge in [-0.2, -0.15) is 8.42 Å². The zero-order chi connectivity index (χ0) is 9.35. The summed E-state index contributed by atoms with van der Waals surface area (Å²) in [6, 6.07) is -0.827. The maximum absolute atomic E-state index is 10.8. The first-order chi connectivity index (χ1) is 5.46. The summed E-state index contributed by atoms with van der Waals surface area (Å²) < 4.78 is 26.0. The Bertz CT molecular complexity index is 284. The monoisotopic (exact) mass is 195 g/mol. The van der Waals surface area contributed by atoms with E-state index < -0.39 is 27.2 Å². The van der Waals surface area contributed by atoms with Crippen molar-refractivity contribution in [1.29, 1.82) is 0 Å². The summed E-state index contributed by atoms with van der Waals surface area (Å²) in [4.78, 5) is 9.56. The maximum Gasteiger partial charge on any atom is 0.267 e. The third-order valence-electron chi connectivity index (χ3n) is 1.59. The summed E-state index contributed by atoms with van der Waals surface area (Å²) in [5.74, 6) is -0.145. The van der Waals surface area contributed by atoms with Crippen molar-refractivity contribution < 1.29 is 17.5 Å². The highest BCUT2D eigenvalue weighted by Crippen LogP contribution is 2.29. The van der Waals surface area contributed by atoms with Crippen LogP contribution in [0, 0.1) is 10.1 Å². The zero-order valence-electron chi connectivity index (χ0n) is 6.47. The topological polar surface area (TPSA) is 86.5 Å². The van der Waals surface area contributed by atoms with Crippen LogP contribution in [-0.2, 0) is 14.3 Å². The highest BCUT2D eigenvalue weighted by molar-refractivity contribution is 7.86. The Hall–Kier alpha value is -0.690. The molecule has 6 nitrogen and oxygen atoms in total. The third-order valence-corrected chi connectivity index (χ3v) is 2.84. The Kier molecular flexibility index (Phi) is 2.34. The Morgan fingerprint density at radius 3 is 2.58 bits per heavy atom. The van der Waals surface area contributed by atoms with E-state index in [4.69, 9.17) is 0 Å². The van der Waals surface area contributed by atoms with E-state index in [9.17, 15) is 18.5 Å². The molecule has 0 spiro atoms. The molecule has 0 aromatic carbocycles. The van der Waals surface area contributed by atoms with Gasteiger partial charge in [0.15, 0.2) is 6.10 Å². The van der Waals surface area contributed by atoms with Crippen molar-refractivity contribution in [2.75, 3.05) is 5.75 Å². The molecule has 0 aromatic heterocycles. The minimum atomic E-state index is -3.53. The molecule has 70 valence electrons. The lowest BCUT2D eigenvalue weighted by molar-refractivity contribution is -0.498. The van der Waals surface area contributed by atoms with Crippen molar-refractivity contribution in [2.45, 2.75) is 25.5 Å². The Morgan fingerprint density at radius 1 is 1.67 bits per heavy atom. The van der Waals surface area contributed by atoms with E-state index in [2.05, 4.69) is 4.18 Å². The lowest BCUT2D eigenvalue weighted by Gasteiger charge is -1.98. The molecule has 0 unspecified atom stereocenters. The fourth-order valence-electron chi connectivity index (χ4n) is 0.741. The summed E-state index contributed by atoms with van der Waals surface area (Å²) in [5, 5.41) is 10.1. The predicted octanol–water partition coefficient (Wildman–Crippen LogP) is -0.230. The van der Waals surface area contributed by atoms with Gasteiger partial charge in [-0.15, -0.1) is 0 Å². The minimum absolute atomic E-state index is 0.145. The van der Waals surface area contributed by atoms with Gasteiger partial charge in [-0.05, 0) is 6.92 Å². The Morgan fingerprint density at radius 2 is 2.25 bits per heavy atom. The van der Waals surface area contributed by atoms with Gasteiger partial charge < -0.3 is 0 Å². The lowest BCUT2D eigenvalue weighted by atomic mass is 10.7. The second-order valence-electron chi connectivity index (χ2n) is 2.57. The van der Waals surface area contributed by atoms with Crippen LogP contribution in [0.25, 0.3) is 0 Å². The Balaban J connectivity index is 2.43. The van der Waals surface area contributed by atoms with Crippen molar-refractivity contribution in [1.82, 2.24) is 0 Å². The van der Waals surface area contributed by atoms with Crippen LogP contribution in [0.5, 0.6) is 0 Å². The van der Waals surface area contributed by atoms with E-state index in [1.807, 2.05) is 0 Å². The molecule has 1 aliphatic rings.